The van der Waals surface area contributed by atoms with Crippen molar-refractivity contribution in [3.8, 4) is 11.5 Å². The lowest BCUT2D eigenvalue weighted by atomic mass is 10.1. The number of hydrogen-bond acceptors (Lipinski definition) is 7. The van der Waals surface area contributed by atoms with Gasteiger partial charge in [-0.25, -0.2) is 23.3 Å². The van der Waals surface area contributed by atoms with Crippen molar-refractivity contribution in [1.29, 1.82) is 0 Å². The van der Waals surface area contributed by atoms with E-state index in [2.05, 4.69) is 10.3 Å². The summed E-state index contributed by atoms with van der Waals surface area (Å²) in [7, 11) is -3.84. The molecule has 0 fully saturated rings. The quantitative estimate of drug-likeness (QED) is 0.416. The summed E-state index contributed by atoms with van der Waals surface area (Å²) in [5.41, 5.74) is 1.59. The van der Waals surface area contributed by atoms with Crippen molar-refractivity contribution < 1.29 is 27.2 Å². The van der Waals surface area contributed by atoms with Gasteiger partial charge in [0.2, 0.25) is 10.0 Å². The molecule has 33 heavy (non-hydrogen) atoms. The summed E-state index contributed by atoms with van der Waals surface area (Å²) in [4.78, 5) is 29.9. The van der Waals surface area contributed by atoms with Crippen molar-refractivity contribution in [2.75, 3.05) is 5.32 Å². The topological polar surface area (TPSA) is 142 Å². The lowest BCUT2D eigenvalue weighted by Crippen LogP contribution is -2.30. The number of carbonyl (C=O) groups excluding carboxylic acids is 2. The first kappa shape index (κ1) is 22.2. The van der Waals surface area contributed by atoms with Crippen LogP contribution in [0.1, 0.15) is 17.3 Å². The molecular formula is C23H19N3O6S. The first-order valence-electron chi connectivity index (χ1n) is 9.81. The maximum absolute atomic E-state index is 13.0. The summed E-state index contributed by atoms with van der Waals surface area (Å²) in [6.45, 7) is 1.43. The summed E-state index contributed by atoms with van der Waals surface area (Å²) in [6.07, 6.45) is 0.376. The van der Waals surface area contributed by atoms with Gasteiger partial charge in [-0.3, -0.25) is 4.79 Å². The van der Waals surface area contributed by atoms with E-state index in [0.717, 1.165) is 0 Å². The zero-order chi connectivity index (χ0) is 23.6. The molecule has 0 aliphatic heterocycles. The molecule has 0 aliphatic carbocycles. The molecule has 0 spiro atoms. The number of ether oxygens (including phenoxy) is 1. The van der Waals surface area contributed by atoms with E-state index in [1.165, 1.54) is 37.5 Å². The van der Waals surface area contributed by atoms with Crippen molar-refractivity contribution >= 4 is 38.5 Å². The van der Waals surface area contributed by atoms with Gasteiger partial charge in [-0.05, 0) is 55.5 Å². The number of nitrogens with one attached hydrogen (secondary N) is 1. The third kappa shape index (κ3) is 4.92. The molecule has 9 nitrogen and oxygen atoms in total. The van der Waals surface area contributed by atoms with Crippen LogP contribution in [0.25, 0.3) is 22.4 Å². The van der Waals surface area contributed by atoms with Crippen LogP contribution in [0.15, 0.2) is 82.3 Å². The Morgan fingerprint density at radius 3 is 2.45 bits per heavy atom. The van der Waals surface area contributed by atoms with Crippen LogP contribution in [0.5, 0.6) is 0 Å². The van der Waals surface area contributed by atoms with E-state index in [1.54, 1.807) is 42.5 Å². The number of pyridine rings is 1. The number of nitrogens with two attached hydrogens (primary N) is 1. The Labute approximate surface area is 189 Å². The Morgan fingerprint density at radius 1 is 1.06 bits per heavy atom. The van der Waals surface area contributed by atoms with Crippen molar-refractivity contribution in [3.05, 3.63) is 78.6 Å². The van der Waals surface area contributed by atoms with E-state index in [0.29, 0.717) is 28.0 Å². The largest absolute Gasteiger partial charge is 0.463 e. The molecule has 168 valence electrons. The molecule has 0 aliphatic rings. The average molecular weight is 465 g/mol. The Morgan fingerprint density at radius 2 is 1.79 bits per heavy atom. The van der Waals surface area contributed by atoms with Crippen molar-refractivity contribution in [3.63, 3.8) is 0 Å². The van der Waals surface area contributed by atoms with Crippen molar-refractivity contribution in [1.82, 2.24) is 4.98 Å². The Hall–Kier alpha value is -4.02. The number of primary sulfonamides is 1. The second-order valence-electron chi connectivity index (χ2n) is 7.16. The summed E-state index contributed by atoms with van der Waals surface area (Å²) in [6, 6.07) is 17.4. The highest BCUT2D eigenvalue weighted by Gasteiger charge is 2.22. The number of rotatable bonds is 6. The van der Waals surface area contributed by atoms with Gasteiger partial charge in [0.1, 0.15) is 5.69 Å². The molecule has 2 aromatic heterocycles. The third-order valence-corrected chi connectivity index (χ3v) is 5.74. The van der Waals surface area contributed by atoms with Crippen LogP contribution >= 0.6 is 0 Å². The third-order valence-electron chi connectivity index (χ3n) is 4.81. The highest BCUT2D eigenvalue weighted by atomic mass is 32.2. The molecule has 1 unspecified atom stereocenters. The number of anilines is 1. The molecule has 3 N–H and O–H groups in total. The first-order valence-corrected chi connectivity index (χ1v) is 11.4. The number of amides is 1. The summed E-state index contributed by atoms with van der Waals surface area (Å²) in [5.74, 6) is -0.798. The van der Waals surface area contributed by atoms with Crippen molar-refractivity contribution in [2.24, 2.45) is 5.14 Å². The van der Waals surface area contributed by atoms with Gasteiger partial charge in [0, 0.05) is 11.1 Å². The first-order chi connectivity index (χ1) is 15.7. The zero-order valence-electron chi connectivity index (χ0n) is 17.4. The zero-order valence-corrected chi connectivity index (χ0v) is 18.2. The molecule has 1 atom stereocenters. The second kappa shape index (κ2) is 8.85. The number of esters is 1. The fraction of sp³-hybridized carbons (Fsp3) is 0.0870. The Kier molecular flexibility index (Phi) is 5.95. The minimum atomic E-state index is -3.84. The minimum Gasteiger partial charge on any atom is -0.463 e. The predicted octanol–water partition coefficient (Wildman–Crippen LogP) is 3.33. The van der Waals surface area contributed by atoms with Crippen LogP contribution in [0.4, 0.5) is 5.69 Å². The molecule has 2 aromatic carbocycles. The Bertz CT molecular complexity index is 1430. The monoisotopic (exact) mass is 465 g/mol. The van der Waals surface area contributed by atoms with Gasteiger partial charge in [-0.1, -0.05) is 18.2 Å². The van der Waals surface area contributed by atoms with E-state index in [-0.39, 0.29) is 10.5 Å². The van der Waals surface area contributed by atoms with Crippen LogP contribution in [0.2, 0.25) is 0 Å². The van der Waals surface area contributed by atoms with Crippen LogP contribution < -0.4 is 10.5 Å². The fourth-order valence-corrected chi connectivity index (χ4v) is 3.66. The minimum absolute atomic E-state index is 0.0862. The van der Waals surface area contributed by atoms with E-state index >= 15 is 0 Å². The van der Waals surface area contributed by atoms with E-state index in [4.69, 9.17) is 14.3 Å². The van der Waals surface area contributed by atoms with E-state index in [1.807, 2.05) is 0 Å². The molecule has 0 bridgehead atoms. The smallest absolute Gasteiger partial charge is 0.339 e. The summed E-state index contributed by atoms with van der Waals surface area (Å²) >= 11 is 0. The molecule has 0 saturated heterocycles. The Balaban J connectivity index is 1.53. The lowest BCUT2D eigenvalue weighted by molar-refractivity contribution is -0.123. The molecule has 0 radical (unpaired) electrons. The SMILES string of the molecule is CC(OC(=O)c1cc(-c2ccco2)nc2ccccc12)C(=O)Nc1ccc(S(N)(=O)=O)cc1. The number of hydrogen-bond donors (Lipinski definition) is 2. The van der Waals surface area contributed by atoms with Gasteiger partial charge in [-0.15, -0.1) is 0 Å². The van der Waals surface area contributed by atoms with Crippen molar-refractivity contribution in [2.45, 2.75) is 17.9 Å². The molecule has 10 heteroatoms. The van der Waals surface area contributed by atoms with Crippen LogP contribution in [-0.4, -0.2) is 31.4 Å². The number of nitrogens with zero attached hydrogens (tertiary/aromatic N) is 1. The fourth-order valence-electron chi connectivity index (χ4n) is 3.14. The maximum atomic E-state index is 13.0. The molecular weight excluding hydrogens is 446 g/mol. The number of fused-ring (bicyclic) bond motifs is 1. The molecule has 1 amide bonds. The average Bonchev–Trinajstić information content (AvgIpc) is 3.33. The number of sulfonamides is 1. The number of para-hydroxylation sites is 1. The predicted molar refractivity (Wildman–Crippen MR) is 121 cm³/mol. The number of aromatic nitrogens is 1. The van der Waals surface area contributed by atoms with Gasteiger partial charge in [0.15, 0.2) is 11.9 Å². The molecule has 4 aromatic rings. The summed E-state index contributed by atoms with van der Waals surface area (Å²) in [5, 5.41) is 8.21. The van der Waals surface area contributed by atoms with Gasteiger partial charge in [0.05, 0.1) is 22.2 Å². The van der Waals surface area contributed by atoms with Gasteiger partial charge >= 0.3 is 5.97 Å². The number of carbonyl (C=O) groups is 2. The summed E-state index contributed by atoms with van der Waals surface area (Å²) < 4.78 is 33.5. The van der Waals surface area contributed by atoms with Gasteiger partial charge in [-0.2, -0.15) is 0 Å². The normalized spacial score (nSPS) is 12.3. The van der Waals surface area contributed by atoms with Crippen LogP contribution in [0.3, 0.4) is 0 Å². The maximum Gasteiger partial charge on any atom is 0.339 e. The molecule has 0 saturated carbocycles. The van der Waals surface area contributed by atoms with Gasteiger partial charge < -0.3 is 14.5 Å². The highest BCUT2D eigenvalue weighted by molar-refractivity contribution is 7.89. The van der Waals surface area contributed by atoms with Crippen LogP contribution in [0, 0.1) is 0 Å². The molecule has 2 heterocycles. The lowest BCUT2D eigenvalue weighted by Gasteiger charge is -2.15. The standard InChI is InChI=1S/C23H19N3O6S/c1-14(22(27)25-15-8-10-16(11-9-15)33(24,29)30)32-23(28)18-13-20(21-7-4-12-31-21)26-19-6-3-2-5-17(18)19/h2-14H,1H3,(H,25,27)(H2,24,29,30). The number of benzene rings is 2. The van der Waals surface area contributed by atoms with E-state index < -0.39 is 28.0 Å². The van der Waals surface area contributed by atoms with Gasteiger partial charge in [0.25, 0.3) is 5.91 Å². The second-order valence-corrected chi connectivity index (χ2v) is 8.72. The number of furan rings is 1. The van der Waals surface area contributed by atoms with E-state index in [9.17, 15) is 18.0 Å². The molecule has 4 rings (SSSR count). The van der Waals surface area contributed by atoms with Crippen LogP contribution in [-0.2, 0) is 19.6 Å². The highest BCUT2D eigenvalue weighted by Crippen LogP contribution is 2.26.